The Hall–Kier alpha value is -0.540. The van der Waals surface area contributed by atoms with Gasteiger partial charge in [-0.05, 0) is 31.2 Å². The van der Waals surface area contributed by atoms with Crippen LogP contribution < -0.4 is 10.2 Å². The summed E-state index contributed by atoms with van der Waals surface area (Å²) in [6.07, 6.45) is 1.22. The summed E-state index contributed by atoms with van der Waals surface area (Å²) < 4.78 is 1.03. The first-order chi connectivity index (χ1) is 6.86. The zero-order valence-electron chi connectivity index (χ0n) is 8.09. The van der Waals surface area contributed by atoms with Gasteiger partial charge in [0.15, 0.2) is 0 Å². The first-order valence-corrected chi connectivity index (χ1v) is 5.78. The SMILES string of the molecule is Brc1[c]ccc(N2CCCNCC2)c1. The average Bonchev–Trinajstić information content (AvgIpc) is 2.45. The number of hydrogen-bond acceptors (Lipinski definition) is 2. The first kappa shape index (κ1) is 9.99. The van der Waals surface area contributed by atoms with Gasteiger partial charge in [-0.3, -0.25) is 0 Å². The molecule has 0 bridgehead atoms. The third-order valence-corrected chi connectivity index (χ3v) is 2.91. The van der Waals surface area contributed by atoms with Crippen LogP contribution in [0.5, 0.6) is 0 Å². The van der Waals surface area contributed by atoms with E-state index in [1.165, 1.54) is 12.1 Å². The van der Waals surface area contributed by atoms with Gasteiger partial charge in [-0.1, -0.05) is 22.0 Å². The van der Waals surface area contributed by atoms with Crippen LogP contribution >= 0.6 is 15.9 Å². The molecule has 1 radical (unpaired) electrons. The van der Waals surface area contributed by atoms with Gasteiger partial charge in [0.2, 0.25) is 0 Å². The molecule has 2 nitrogen and oxygen atoms in total. The van der Waals surface area contributed by atoms with Gasteiger partial charge in [-0.15, -0.1) is 0 Å². The molecule has 1 saturated heterocycles. The van der Waals surface area contributed by atoms with E-state index in [2.05, 4.69) is 44.3 Å². The molecular weight excluding hydrogens is 240 g/mol. The highest BCUT2D eigenvalue weighted by atomic mass is 79.9. The average molecular weight is 254 g/mol. The van der Waals surface area contributed by atoms with Crippen molar-refractivity contribution in [3.63, 3.8) is 0 Å². The monoisotopic (exact) mass is 253 g/mol. The molecule has 1 aromatic rings. The van der Waals surface area contributed by atoms with Crippen LogP contribution in [-0.4, -0.2) is 26.2 Å². The number of anilines is 1. The zero-order chi connectivity index (χ0) is 9.80. The lowest BCUT2D eigenvalue weighted by Crippen LogP contribution is -2.27. The van der Waals surface area contributed by atoms with E-state index in [9.17, 15) is 0 Å². The van der Waals surface area contributed by atoms with Gasteiger partial charge in [0.1, 0.15) is 0 Å². The Balaban J connectivity index is 2.12. The number of halogens is 1. The Morgan fingerprint density at radius 3 is 3.14 bits per heavy atom. The van der Waals surface area contributed by atoms with Crippen molar-refractivity contribution in [1.29, 1.82) is 0 Å². The van der Waals surface area contributed by atoms with Crippen LogP contribution in [0.4, 0.5) is 5.69 Å². The number of rotatable bonds is 1. The lowest BCUT2D eigenvalue weighted by molar-refractivity contribution is 0.724. The fraction of sp³-hybridized carbons (Fsp3) is 0.455. The molecule has 75 valence electrons. The minimum absolute atomic E-state index is 1.03. The summed E-state index contributed by atoms with van der Waals surface area (Å²) in [6, 6.07) is 9.32. The quantitative estimate of drug-likeness (QED) is 0.825. The van der Waals surface area contributed by atoms with E-state index in [1.54, 1.807) is 0 Å². The molecule has 3 heteroatoms. The van der Waals surface area contributed by atoms with Crippen molar-refractivity contribution in [2.45, 2.75) is 6.42 Å². The fourth-order valence-corrected chi connectivity index (χ4v) is 2.09. The summed E-state index contributed by atoms with van der Waals surface area (Å²) in [4.78, 5) is 2.42. The van der Waals surface area contributed by atoms with E-state index in [-0.39, 0.29) is 0 Å². The van der Waals surface area contributed by atoms with Crippen molar-refractivity contribution >= 4 is 21.6 Å². The maximum Gasteiger partial charge on any atom is 0.0378 e. The van der Waals surface area contributed by atoms with Crippen molar-refractivity contribution < 1.29 is 0 Å². The molecule has 14 heavy (non-hydrogen) atoms. The van der Waals surface area contributed by atoms with Crippen LogP contribution in [0, 0.1) is 6.07 Å². The molecule has 0 spiro atoms. The molecule has 0 aliphatic carbocycles. The molecule has 0 aromatic heterocycles. The van der Waals surface area contributed by atoms with Crippen molar-refractivity contribution in [1.82, 2.24) is 5.32 Å². The van der Waals surface area contributed by atoms with Crippen LogP contribution in [0.15, 0.2) is 22.7 Å². The standard InChI is InChI=1S/C11H14BrN2/c12-10-3-1-4-11(9-10)14-7-2-5-13-6-8-14/h1,4,9,13H,2,5-8H2. The molecule has 1 aromatic carbocycles. The van der Waals surface area contributed by atoms with Crippen molar-refractivity contribution in [2.24, 2.45) is 0 Å². The van der Waals surface area contributed by atoms with E-state index in [4.69, 9.17) is 0 Å². The van der Waals surface area contributed by atoms with E-state index in [0.717, 1.165) is 30.7 Å². The molecule has 0 atom stereocenters. The second kappa shape index (κ2) is 4.80. The summed E-state index contributed by atoms with van der Waals surface area (Å²) in [6.45, 7) is 4.45. The van der Waals surface area contributed by atoms with Crippen molar-refractivity contribution in [3.05, 3.63) is 28.7 Å². The van der Waals surface area contributed by atoms with Crippen LogP contribution in [-0.2, 0) is 0 Å². The molecule has 0 unspecified atom stereocenters. The van der Waals surface area contributed by atoms with E-state index >= 15 is 0 Å². The molecule has 0 saturated carbocycles. The topological polar surface area (TPSA) is 15.3 Å². The number of hydrogen-bond donors (Lipinski definition) is 1. The first-order valence-electron chi connectivity index (χ1n) is 4.99. The Kier molecular flexibility index (Phi) is 3.43. The largest absolute Gasteiger partial charge is 0.370 e. The normalized spacial score (nSPS) is 17.9. The summed E-state index contributed by atoms with van der Waals surface area (Å²) in [5.74, 6) is 0. The molecule has 1 fully saturated rings. The van der Waals surface area contributed by atoms with Gasteiger partial charge in [-0.25, -0.2) is 0 Å². The van der Waals surface area contributed by atoms with Crippen LogP contribution in [0.2, 0.25) is 0 Å². The summed E-state index contributed by atoms with van der Waals surface area (Å²) in [5, 5.41) is 3.40. The molecule has 2 rings (SSSR count). The minimum atomic E-state index is 1.03. The Morgan fingerprint density at radius 1 is 1.36 bits per heavy atom. The lowest BCUT2D eigenvalue weighted by Gasteiger charge is -2.22. The third kappa shape index (κ3) is 2.49. The zero-order valence-corrected chi connectivity index (χ0v) is 9.68. The highest BCUT2D eigenvalue weighted by Crippen LogP contribution is 2.19. The van der Waals surface area contributed by atoms with E-state index in [1.807, 2.05) is 6.07 Å². The van der Waals surface area contributed by atoms with E-state index < -0.39 is 0 Å². The second-order valence-electron chi connectivity index (χ2n) is 3.49. The lowest BCUT2D eigenvalue weighted by atomic mass is 10.3. The Morgan fingerprint density at radius 2 is 2.29 bits per heavy atom. The van der Waals surface area contributed by atoms with Crippen LogP contribution in [0.3, 0.4) is 0 Å². The summed E-state index contributed by atoms with van der Waals surface area (Å²) >= 11 is 3.45. The van der Waals surface area contributed by atoms with Gasteiger partial charge in [0.25, 0.3) is 0 Å². The summed E-state index contributed by atoms with van der Waals surface area (Å²) in [5.41, 5.74) is 1.29. The predicted molar refractivity (Wildman–Crippen MR) is 62.7 cm³/mol. The highest BCUT2D eigenvalue weighted by molar-refractivity contribution is 9.10. The molecule has 1 aliphatic heterocycles. The predicted octanol–water partition coefficient (Wildman–Crippen LogP) is 2.05. The maximum atomic E-state index is 3.45. The smallest absolute Gasteiger partial charge is 0.0378 e. The van der Waals surface area contributed by atoms with Crippen molar-refractivity contribution in [3.8, 4) is 0 Å². The molecule has 1 heterocycles. The van der Waals surface area contributed by atoms with Gasteiger partial charge in [0, 0.05) is 29.8 Å². The third-order valence-electron chi connectivity index (χ3n) is 2.46. The molecule has 1 aliphatic rings. The van der Waals surface area contributed by atoms with Crippen LogP contribution in [0.25, 0.3) is 0 Å². The maximum absolute atomic E-state index is 3.45. The second-order valence-corrected chi connectivity index (χ2v) is 4.34. The summed E-state index contributed by atoms with van der Waals surface area (Å²) in [7, 11) is 0. The number of benzene rings is 1. The molecular formula is C11H14BrN2. The van der Waals surface area contributed by atoms with Gasteiger partial charge in [0.05, 0.1) is 0 Å². The molecule has 1 N–H and O–H groups in total. The number of nitrogens with zero attached hydrogens (tertiary/aromatic N) is 1. The van der Waals surface area contributed by atoms with Gasteiger partial charge < -0.3 is 10.2 Å². The number of nitrogens with one attached hydrogen (secondary N) is 1. The molecule has 0 amide bonds. The van der Waals surface area contributed by atoms with Crippen LogP contribution in [0.1, 0.15) is 6.42 Å². The van der Waals surface area contributed by atoms with Gasteiger partial charge in [-0.2, -0.15) is 0 Å². The minimum Gasteiger partial charge on any atom is -0.370 e. The fourth-order valence-electron chi connectivity index (χ4n) is 1.73. The van der Waals surface area contributed by atoms with Crippen molar-refractivity contribution in [2.75, 3.05) is 31.1 Å². The Bertz CT molecular complexity index is 293. The highest BCUT2D eigenvalue weighted by Gasteiger charge is 2.08. The van der Waals surface area contributed by atoms with E-state index in [0.29, 0.717) is 0 Å². The van der Waals surface area contributed by atoms with Gasteiger partial charge >= 0.3 is 0 Å². The Labute approximate surface area is 93.4 Å².